The van der Waals surface area contributed by atoms with Gasteiger partial charge >= 0.3 is 5.69 Å². The molecule has 1 aromatic heterocycles. The molecule has 0 fully saturated rings. The van der Waals surface area contributed by atoms with Gasteiger partial charge in [0.1, 0.15) is 5.75 Å². The molecular formula is C15H15N3O5. The number of aliphatic hydroxyl groups excluding tert-OH is 1. The van der Waals surface area contributed by atoms with E-state index in [9.17, 15) is 14.4 Å². The minimum absolute atomic E-state index is 0.00999. The van der Waals surface area contributed by atoms with Crippen molar-refractivity contribution in [3.63, 3.8) is 0 Å². The minimum Gasteiger partial charge on any atom is -0.440 e. The number of aromatic amines is 2. The van der Waals surface area contributed by atoms with Crippen LogP contribution in [0.15, 0.2) is 27.8 Å². The number of carbonyl (C=O) groups excluding carboxylic acids is 1. The van der Waals surface area contributed by atoms with Crippen molar-refractivity contribution < 1.29 is 14.6 Å². The lowest BCUT2D eigenvalue weighted by atomic mass is 10.0. The van der Waals surface area contributed by atoms with Crippen molar-refractivity contribution in [1.29, 1.82) is 0 Å². The van der Waals surface area contributed by atoms with Gasteiger partial charge in [-0.3, -0.25) is 19.6 Å². The van der Waals surface area contributed by atoms with Crippen LogP contribution in [0.5, 0.6) is 11.6 Å². The molecule has 1 aliphatic rings. The Bertz CT molecular complexity index is 868. The summed E-state index contributed by atoms with van der Waals surface area (Å²) in [7, 11) is 0. The molecule has 8 nitrogen and oxygen atoms in total. The van der Waals surface area contributed by atoms with E-state index in [0.717, 1.165) is 0 Å². The van der Waals surface area contributed by atoms with Gasteiger partial charge in [0.15, 0.2) is 0 Å². The van der Waals surface area contributed by atoms with E-state index in [0.29, 0.717) is 35.4 Å². The average molecular weight is 317 g/mol. The monoisotopic (exact) mass is 317 g/mol. The summed E-state index contributed by atoms with van der Waals surface area (Å²) in [5.74, 6) is 0.361. The summed E-state index contributed by atoms with van der Waals surface area (Å²) in [4.78, 5) is 39.7. The van der Waals surface area contributed by atoms with Crippen molar-refractivity contribution in [3.8, 4) is 11.6 Å². The van der Waals surface area contributed by atoms with Crippen LogP contribution in [-0.4, -0.2) is 34.1 Å². The van der Waals surface area contributed by atoms with Crippen LogP contribution in [0.4, 0.5) is 0 Å². The van der Waals surface area contributed by atoms with Gasteiger partial charge < -0.3 is 15.2 Å². The van der Waals surface area contributed by atoms with E-state index >= 15 is 0 Å². The van der Waals surface area contributed by atoms with Crippen LogP contribution in [0.1, 0.15) is 27.9 Å². The largest absolute Gasteiger partial charge is 0.440 e. The molecular weight excluding hydrogens is 302 g/mol. The fourth-order valence-electron chi connectivity index (χ4n) is 2.38. The number of benzene rings is 1. The molecule has 0 bridgehead atoms. The molecule has 1 aromatic carbocycles. The SMILES string of the molecule is O=C(NCCCO)c1ccc2c(c1)Cc1c([nH]c(=O)[nH]c1=O)O2. The molecule has 2 heterocycles. The van der Waals surface area contributed by atoms with Crippen LogP contribution >= 0.6 is 0 Å². The molecule has 0 atom stereocenters. The molecule has 0 aliphatic carbocycles. The Morgan fingerprint density at radius 1 is 1.30 bits per heavy atom. The fourth-order valence-corrected chi connectivity index (χ4v) is 2.38. The van der Waals surface area contributed by atoms with Gasteiger partial charge in [-0.2, -0.15) is 0 Å². The summed E-state index contributed by atoms with van der Waals surface area (Å²) in [5.41, 5.74) is 0.304. The maximum Gasteiger partial charge on any atom is 0.328 e. The first-order valence-electron chi connectivity index (χ1n) is 7.14. The van der Waals surface area contributed by atoms with Gasteiger partial charge in [0.05, 0.1) is 5.56 Å². The number of ether oxygens (including phenoxy) is 1. The first-order valence-corrected chi connectivity index (χ1v) is 7.14. The van der Waals surface area contributed by atoms with E-state index in [1.807, 2.05) is 0 Å². The van der Waals surface area contributed by atoms with Crippen molar-refractivity contribution in [2.24, 2.45) is 0 Å². The predicted octanol–water partition coefficient (Wildman–Crippen LogP) is -0.128. The van der Waals surface area contributed by atoms with Gasteiger partial charge in [0, 0.05) is 30.7 Å². The normalized spacial score (nSPS) is 12.0. The zero-order chi connectivity index (χ0) is 16.4. The van der Waals surface area contributed by atoms with Crippen LogP contribution in [0.3, 0.4) is 0 Å². The molecule has 0 saturated heterocycles. The molecule has 0 spiro atoms. The molecule has 3 rings (SSSR count). The Balaban J connectivity index is 1.87. The second-order valence-corrected chi connectivity index (χ2v) is 5.15. The summed E-state index contributed by atoms with van der Waals surface area (Å²) in [6, 6.07) is 4.87. The van der Waals surface area contributed by atoms with Gasteiger partial charge in [-0.25, -0.2) is 4.79 Å². The van der Waals surface area contributed by atoms with Crippen molar-refractivity contribution in [2.75, 3.05) is 13.2 Å². The van der Waals surface area contributed by atoms with Gasteiger partial charge in [-0.15, -0.1) is 0 Å². The first kappa shape index (κ1) is 15.0. The molecule has 1 aliphatic heterocycles. The molecule has 0 saturated carbocycles. The standard InChI is InChI=1S/C15H15N3O5/c19-5-1-4-16-12(20)8-2-3-11-9(6-8)7-10-13(21)17-15(22)18-14(10)23-11/h2-3,6,19H,1,4-5,7H2,(H,16,20)(H2,17,18,21,22). The number of aromatic nitrogens is 2. The zero-order valence-electron chi connectivity index (χ0n) is 12.1. The number of aliphatic hydroxyl groups is 1. The smallest absolute Gasteiger partial charge is 0.328 e. The number of carbonyl (C=O) groups is 1. The second-order valence-electron chi connectivity index (χ2n) is 5.15. The van der Waals surface area contributed by atoms with Crippen LogP contribution in [0, 0.1) is 0 Å². The Kier molecular flexibility index (Phi) is 3.98. The Hall–Kier alpha value is -2.87. The highest BCUT2D eigenvalue weighted by Crippen LogP contribution is 2.33. The topological polar surface area (TPSA) is 124 Å². The van der Waals surface area contributed by atoms with Crippen LogP contribution in [-0.2, 0) is 6.42 Å². The number of nitrogens with one attached hydrogen (secondary N) is 3. The molecule has 2 aromatic rings. The van der Waals surface area contributed by atoms with Crippen LogP contribution in [0.25, 0.3) is 0 Å². The highest BCUT2D eigenvalue weighted by molar-refractivity contribution is 5.94. The van der Waals surface area contributed by atoms with Crippen LogP contribution < -0.4 is 21.3 Å². The van der Waals surface area contributed by atoms with Gasteiger partial charge in [0.2, 0.25) is 5.88 Å². The molecule has 23 heavy (non-hydrogen) atoms. The number of hydrogen-bond acceptors (Lipinski definition) is 5. The Morgan fingerprint density at radius 2 is 2.13 bits per heavy atom. The highest BCUT2D eigenvalue weighted by Gasteiger charge is 2.22. The van der Waals surface area contributed by atoms with Gasteiger partial charge in [-0.1, -0.05) is 0 Å². The van der Waals surface area contributed by atoms with E-state index in [1.165, 1.54) is 0 Å². The highest BCUT2D eigenvalue weighted by atomic mass is 16.5. The van der Waals surface area contributed by atoms with E-state index in [1.54, 1.807) is 18.2 Å². The van der Waals surface area contributed by atoms with Crippen molar-refractivity contribution in [2.45, 2.75) is 12.8 Å². The first-order chi connectivity index (χ1) is 11.1. The predicted molar refractivity (Wildman–Crippen MR) is 81.0 cm³/mol. The lowest BCUT2D eigenvalue weighted by molar-refractivity contribution is 0.0951. The minimum atomic E-state index is -0.628. The molecule has 1 amide bonds. The zero-order valence-corrected chi connectivity index (χ0v) is 12.1. The third-order valence-corrected chi connectivity index (χ3v) is 3.52. The molecule has 120 valence electrons. The summed E-state index contributed by atoms with van der Waals surface area (Å²) in [6.07, 6.45) is 0.741. The molecule has 0 unspecified atom stereocenters. The van der Waals surface area contributed by atoms with E-state index in [-0.39, 0.29) is 24.8 Å². The number of hydrogen-bond donors (Lipinski definition) is 4. The van der Waals surface area contributed by atoms with E-state index in [4.69, 9.17) is 9.84 Å². The number of amides is 1. The van der Waals surface area contributed by atoms with E-state index < -0.39 is 11.2 Å². The third kappa shape index (κ3) is 3.02. The fraction of sp³-hybridized carbons (Fsp3) is 0.267. The summed E-state index contributed by atoms with van der Waals surface area (Å²) >= 11 is 0. The number of rotatable bonds is 4. The quantitative estimate of drug-likeness (QED) is 0.499. The average Bonchev–Trinajstić information content (AvgIpc) is 2.53. The van der Waals surface area contributed by atoms with Gasteiger partial charge in [-0.05, 0) is 24.6 Å². The van der Waals surface area contributed by atoms with Crippen molar-refractivity contribution >= 4 is 5.91 Å². The Morgan fingerprint density at radius 3 is 2.91 bits per heavy atom. The van der Waals surface area contributed by atoms with Crippen molar-refractivity contribution in [3.05, 3.63) is 55.7 Å². The van der Waals surface area contributed by atoms with Crippen molar-refractivity contribution in [1.82, 2.24) is 15.3 Å². The second kappa shape index (κ2) is 6.09. The summed E-state index contributed by atoms with van der Waals surface area (Å²) in [6.45, 7) is 0.392. The number of H-pyrrole nitrogens is 2. The maximum atomic E-state index is 12.0. The Labute approximate surface area is 130 Å². The third-order valence-electron chi connectivity index (χ3n) is 3.52. The molecule has 4 N–H and O–H groups in total. The summed E-state index contributed by atoms with van der Waals surface area (Å²) in [5, 5.41) is 11.4. The lowest BCUT2D eigenvalue weighted by Gasteiger charge is -2.19. The van der Waals surface area contributed by atoms with Crippen LogP contribution in [0.2, 0.25) is 0 Å². The maximum absolute atomic E-state index is 12.0. The van der Waals surface area contributed by atoms with E-state index in [2.05, 4.69) is 15.3 Å². The molecule has 0 radical (unpaired) electrons. The lowest BCUT2D eigenvalue weighted by Crippen LogP contribution is -2.28. The van der Waals surface area contributed by atoms with Gasteiger partial charge in [0.25, 0.3) is 11.5 Å². The summed E-state index contributed by atoms with van der Waals surface area (Å²) < 4.78 is 5.53. The number of fused-ring (bicyclic) bond motifs is 2. The molecule has 8 heteroatoms.